The molecule has 1 atom stereocenters. The lowest BCUT2D eigenvalue weighted by Gasteiger charge is -2.24. The van der Waals surface area contributed by atoms with Crippen LogP contribution in [0.3, 0.4) is 0 Å². The molecule has 5 heteroatoms. The number of para-hydroxylation sites is 1. The Hall–Kier alpha value is -2.04. The third-order valence-electron chi connectivity index (χ3n) is 2.84. The third kappa shape index (κ3) is 3.10. The molecule has 0 bridgehead atoms. The van der Waals surface area contributed by atoms with E-state index in [1.165, 1.54) is 11.8 Å². The Labute approximate surface area is 118 Å². The van der Waals surface area contributed by atoms with E-state index in [0.29, 0.717) is 0 Å². The first-order chi connectivity index (χ1) is 9.28. The van der Waals surface area contributed by atoms with Gasteiger partial charge in [0.25, 0.3) is 0 Å². The van der Waals surface area contributed by atoms with Gasteiger partial charge >= 0.3 is 12.1 Å². The zero-order chi connectivity index (χ0) is 14.9. The molecule has 20 heavy (non-hydrogen) atoms. The number of hydrogen-bond donors (Lipinski definition) is 0. The number of fused-ring (bicyclic) bond motifs is 1. The second-order valence-electron chi connectivity index (χ2n) is 5.75. The summed E-state index contributed by atoms with van der Waals surface area (Å²) >= 11 is 0. The number of ether oxygens (including phenoxy) is 2. The van der Waals surface area contributed by atoms with Gasteiger partial charge in [0.15, 0.2) is 0 Å². The molecular weight excluding hydrogens is 258 g/mol. The van der Waals surface area contributed by atoms with Crippen molar-refractivity contribution < 1.29 is 19.1 Å². The van der Waals surface area contributed by atoms with Crippen molar-refractivity contribution in [3.8, 4) is 0 Å². The normalized spacial score (nSPS) is 17.6. The van der Waals surface area contributed by atoms with Gasteiger partial charge in [-0.15, -0.1) is 0 Å². The Morgan fingerprint density at radius 2 is 1.90 bits per heavy atom. The van der Waals surface area contributed by atoms with E-state index in [0.717, 1.165) is 11.3 Å². The van der Waals surface area contributed by atoms with E-state index in [4.69, 9.17) is 9.47 Å². The van der Waals surface area contributed by atoms with Crippen molar-refractivity contribution in [2.75, 3.05) is 11.4 Å². The first-order valence-electron chi connectivity index (χ1n) is 6.54. The highest BCUT2D eigenvalue weighted by molar-refractivity contribution is 5.91. The van der Waals surface area contributed by atoms with Crippen LogP contribution in [0, 0.1) is 0 Å². The summed E-state index contributed by atoms with van der Waals surface area (Å²) in [5, 5.41) is 0. The minimum absolute atomic E-state index is 0.286. The molecule has 0 spiro atoms. The average molecular weight is 277 g/mol. The Balaban J connectivity index is 2.25. The molecule has 0 aliphatic carbocycles. The molecule has 0 saturated carbocycles. The van der Waals surface area contributed by atoms with Crippen LogP contribution in [0.4, 0.5) is 10.5 Å². The molecule has 0 aromatic heterocycles. The lowest BCUT2D eigenvalue weighted by Crippen LogP contribution is -2.36. The number of benzene rings is 1. The van der Waals surface area contributed by atoms with Gasteiger partial charge in [0.1, 0.15) is 11.7 Å². The van der Waals surface area contributed by atoms with Gasteiger partial charge in [-0.1, -0.05) is 18.2 Å². The molecule has 0 saturated heterocycles. The SMILES string of the molecule is CC(=O)O[C@H]1CN(C(=O)OC(C)(C)C)c2ccccc21. The molecule has 1 aromatic rings. The van der Waals surface area contributed by atoms with Crippen LogP contribution in [0.25, 0.3) is 0 Å². The molecule has 0 radical (unpaired) electrons. The van der Waals surface area contributed by atoms with Crippen LogP contribution >= 0.6 is 0 Å². The van der Waals surface area contributed by atoms with Crippen LogP contribution in [-0.2, 0) is 14.3 Å². The fraction of sp³-hybridized carbons (Fsp3) is 0.467. The van der Waals surface area contributed by atoms with E-state index < -0.39 is 17.8 Å². The second kappa shape index (κ2) is 5.15. The first kappa shape index (κ1) is 14.4. The number of amides is 1. The number of rotatable bonds is 1. The molecule has 0 unspecified atom stereocenters. The summed E-state index contributed by atoms with van der Waals surface area (Å²) in [5.74, 6) is -0.365. The van der Waals surface area contributed by atoms with E-state index in [2.05, 4.69) is 0 Å². The van der Waals surface area contributed by atoms with Crippen LogP contribution in [0.2, 0.25) is 0 Å². The molecular formula is C15H19NO4. The Bertz CT molecular complexity index is 533. The van der Waals surface area contributed by atoms with Crippen LogP contribution in [0.5, 0.6) is 0 Å². The fourth-order valence-corrected chi connectivity index (χ4v) is 2.16. The summed E-state index contributed by atoms with van der Waals surface area (Å²) < 4.78 is 10.6. The molecule has 5 nitrogen and oxygen atoms in total. The molecule has 1 aliphatic rings. The smallest absolute Gasteiger partial charge is 0.414 e. The van der Waals surface area contributed by atoms with Crippen LogP contribution in [0.1, 0.15) is 39.4 Å². The lowest BCUT2D eigenvalue weighted by atomic mass is 10.1. The van der Waals surface area contributed by atoms with Gasteiger partial charge in [-0.3, -0.25) is 9.69 Å². The maximum Gasteiger partial charge on any atom is 0.414 e. The number of anilines is 1. The summed E-state index contributed by atoms with van der Waals surface area (Å²) in [5.41, 5.74) is 0.993. The van der Waals surface area contributed by atoms with Gasteiger partial charge in [0, 0.05) is 12.5 Å². The quantitative estimate of drug-likeness (QED) is 0.740. The highest BCUT2D eigenvalue weighted by Gasteiger charge is 2.36. The summed E-state index contributed by atoms with van der Waals surface area (Å²) in [6, 6.07) is 7.37. The lowest BCUT2D eigenvalue weighted by molar-refractivity contribution is -0.145. The topological polar surface area (TPSA) is 55.8 Å². The summed E-state index contributed by atoms with van der Waals surface area (Å²) in [6.07, 6.45) is -0.865. The van der Waals surface area contributed by atoms with E-state index in [1.807, 2.05) is 45.0 Å². The number of carbonyl (C=O) groups excluding carboxylic acids is 2. The molecule has 1 aliphatic heterocycles. The Morgan fingerprint density at radius 3 is 2.50 bits per heavy atom. The zero-order valence-electron chi connectivity index (χ0n) is 12.2. The van der Waals surface area contributed by atoms with Gasteiger partial charge in [-0.05, 0) is 26.8 Å². The monoisotopic (exact) mass is 277 g/mol. The summed E-state index contributed by atoms with van der Waals surface area (Å²) in [4.78, 5) is 24.9. The van der Waals surface area contributed by atoms with E-state index in [1.54, 1.807) is 0 Å². The number of carbonyl (C=O) groups is 2. The van der Waals surface area contributed by atoms with Crippen molar-refractivity contribution >= 4 is 17.7 Å². The van der Waals surface area contributed by atoms with E-state index in [-0.39, 0.29) is 12.5 Å². The maximum absolute atomic E-state index is 12.2. The van der Waals surface area contributed by atoms with E-state index in [9.17, 15) is 9.59 Å². The van der Waals surface area contributed by atoms with Crippen LogP contribution in [-0.4, -0.2) is 24.2 Å². The van der Waals surface area contributed by atoms with Gasteiger partial charge in [0.2, 0.25) is 0 Å². The average Bonchev–Trinajstić information content (AvgIpc) is 2.66. The standard InChI is InChI=1S/C15H19NO4/c1-10(17)19-13-9-16(14(18)20-15(2,3)4)12-8-6-5-7-11(12)13/h5-8,13H,9H2,1-4H3/t13-/m0/s1. The zero-order valence-corrected chi connectivity index (χ0v) is 12.2. The van der Waals surface area contributed by atoms with Gasteiger partial charge in [0.05, 0.1) is 12.2 Å². The van der Waals surface area contributed by atoms with Crippen molar-refractivity contribution in [3.63, 3.8) is 0 Å². The van der Waals surface area contributed by atoms with Crippen molar-refractivity contribution in [1.29, 1.82) is 0 Å². The van der Waals surface area contributed by atoms with Crippen LogP contribution in [0.15, 0.2) is 24.3 Å². The van der Waals surface area contributed by atoms with Gasteiger partial charge < -0.3 is 9.47 Å². The largest absolute Gasteiger partial charge is 0.456 e. The summed E-state index contributed by atoms with van der Waals surface area (Å²) in [7, 11) is 0. The van der Waals surface area contributed by atoms with Crippen molar-refractivity contribution in [1.82, 2.24) is 0 Å². The fourth-order valence-electron chi connectivity index (χ4n) is 2.16. The second-order valence-corrected chi connectivity index (χ2v) is 5.75. The molecule has 0 fully saturated rings. The molecule has 108 valence electrons. The predicted octanol–water partition coefficient (Wildman–Crippen LogP) is 3.05. The van der Waals surface area contributed by atoms with Crippen molar-refractivity contribution in [2.45, 2.75) is 39.4 Å². The van der Waals surface area contributed by atoms with Gasteiger partial charge in [-0.2, -0.15) is 0 Å². The van der Waals surface area contributed by atoms with Crippen LogP contribution < -0.4 is 4.90 Å². The minimum atomic E-state index is -0.564. The third-order valence-corrected chi connectivity index (χ3v) is 2.84. The molecule has 0 N–H and O–H groups in total. The molecule has 2 rings (SSSR count). The number of esters is 1. The highest BCUT2D eigenvalue weighted by atomic mass is 16.6. The Morgan fingerprint density at radius 1 is 1.25 bits per heavy atom. The highest BCUT2D eigenvalue weighted by Crippen LogP contribution is 2.37. The molecule has 1 heterocycles. The Kier molecular flexibility index (Phi) is 3.70. The minimum Gasteiger partial charge on any atom is -0.456 e. The van der Waals surface area contributed by atoms with Gasteiger partial charge in [-0.25, -0.2) is 4.79 Å². The predicted molar refractivity (Wildman–Crippen MR) is 74.5 cm³/mol. The molecule has 1 amide bonds. The van der Waals surface area contributed by atoms with Crippen molar-refractivity contribution in [2.24, 2.45) is 0 Å². The first-order valence-corrected chi connectivity index (χ1v) is 6.54. The molecule has 1 aromatic carbocycles. The summed E-state index contributed by atoms with van der Waals surface area (Å²) in [6.45, 7) is 7.09. The number of hydrogen-bond acceptors (Lipinski definition) is 4. The maximum atomic E-state index is 12.2. The van der Waals surface area contributed by atoms with E-state index >= 15 is 0 Å². The number of nitrogens with zero attached hydrogens (tertiary/aromatic N) is 1. The van der Waals surface area contributed by atoms with Crippen molar-refractivity contribution in [3.05, 3.63) is 29.8 Å².